The van der Waals surface area contributed by atoms with E-state index in [1.807, 2.05) is 6.07 Å². The molecule has 0 fully saturated rings. The minimum Gasteiger partial charge on any atom is -0.465 e. The van der Waals surface area contributed by atoms with E-state index in [9.17, 15) is 4.79 Å². The van der Waals surface area contributed by atoms with Gasteiger partial charge in [-0.1, -0.05) is 29.8 Å². The number of halogens is 1. The number of hydrogen-bond acceptors (Lipinski definition) is 4. The molecule has 1 aromatic carbocycles. The lowest BCUT2D eigenvalue weighted by atomic mass is 10.1. The standard InChI is InChI=1S/C18H23N3O3.HI/c1-12-6-5-7-14(8-12)10-20-18(19-3)21-11-15-9-16(13(2)24-15)17(22)23-4;/h5-9H,10-11H2,1-4H3,(H2,19,20,21);1H. The summed E-state index contributed by atoms with van der Waals surface area (Å²) in [6.45, 7) is 4.90. The van der Waals surface area contributed by atoms with E-state index in [1.165, 1.54) is 18.2 Å². The van der Waals surface area contributed by atoms with Gasteiger partial charge < -0.3 is 19.8 Å². The number of carbonyl (C=O) groups is 1. The molecule has 0 bridgehead atoms. The van der Waals surface area contributed by atoms with E-state index in [4.69, 9.17) is 9.15 Å². The summed E-state index contributed by atoms with van der Waals surface area (Å²) in [4.78, 5) is 15.8. The molecule has 2 N–H and O–H groups in total. The summed E-state index contributed by atoms with van der Waals surface area (Å²) in [6, 6.07) is 9.96. The Bertz CT molecular complexity index is 741. The Labute approximate surface area is 165 Å². The Kier molecular flexibility index (Phi) is 8.47. The minimum atomic E-state index is -0.399. The Balaban J connectivity index is 0.00000312. The van der Waals surface area contributed by atoms with Gasteiger partial charge in [0.05, 0.1) is 13.7 Å². The molecule has 25 heavy (non-hydrogen) atoms. The van der Waals surface area contributed by atoms with E-state index in [2.05, 4.69) is 40.7 Å². The highest BCUT2D eigenvalue weighted by Crippen LogP contribution is 2.15. The predicted octanol–water partition coefficient (Wildman–Crippen LogP) is 3.17. The van der Waals surface area contributed by atoms with Gasteiger partial charge >= 0.3 is 5.97 Å². The maximum atomic E-state index is 11.6. The average Bonchev–Trinajstić information content (AvgIpc) is 2.95. The van der Waals surface area contributed by atoms with Gasteiger partial charge in [-0.15, -0.1) is 24.0 Å². The van der Waals surface area contributed by atoms with Crippen molar-refractivity contribution in [3.05, 3.63) is 58.5 Å². The third-order valence-corrected chi connectivity index (χ3v) is 3.57. The lowest BCUT2D eigenvalue weighted by molar-refractivity contribution is 0.0599. The Hall–Kier alpha value is -2.03. The largest absolute Gasteiger partial charge is 0.465 e. The molecule has 0 amide bonds. The molecule has 1 heterocycles. The van der Waals surface area contributed by atoms with Crippen LogP contribution in [0.5, 0.6) is 0 Å². The predicted molar refractivity (Wildman–Crippen MR) is 108 cm³/mol. The average molecular weight is 457 g/mol. The van der Waals surface area contributed by atoms with E-state index in [-0.39, 0.29) is 24.0 Å². The second kappa shape index (κ2) is 10.1. The number of guanidine groups is 1. The third-order valence-electron chi connectivity index (χ3n) is 3.57. The molecule has 0 unspecified atom stereocenters. The summed E-state index contributed by atoms with van der Waals surface area (Å²) in [6.07, 6.45) is 0. The molecular weight excluding hydrogens is 433 g/mol. The topological polar surface area (TPSA) is 75.9 Å². The number of aliphatic imine (C=N–C) groups is 1. The van der Waals surface area contributed by atoms with Crippen molar-refractivity contribution in [2.75, 3.05) is 14.2 Å². The lowest BCUT2D eigenvalue weighted by Crippen LogP contribution is -2.36. The molecule has 2 rings (SSSR count). The molecule has 7 heteroatoms. The lowest BCUT2D eigenvalue weighted by Gasteiger charge is -2.11. The van der Waals surface area contributed by atoms with Crippen molar-refractivity contribution in [2.45, 2.75) is 26.9 Å². The molecule has 6 nitrogen and oxygen atoms in total. The van der Waals surface area contributed by atoms with Crippen LogP contribution in [0.2, 0.25) is 0 Å². The highest BCUT2D eigenvalue weighted by atomic mass is 127. The van der Waals surface area contributed by atoms with Gasteiger partial charge in [-0.2, -0.15) is 0 Å². The second-order valence-electron chi connectivity index (χ2n) is 5.44. The third kappa shape index (κ3) is 6.08. The fraction of sp³-hybridized carbons (Fsp3) is 0.333. The number of rotatable bonds is 5. The van der Waals surface area contributed by atoms with Crippen LogP contribution in [0.3, 0.4) is 0 Å². The van der Waals surface area contributed by atoms with Gasteiger partial charge in [0.15, 0.2) is 5.96 Å². The van der Waals surface area contributed by atoms with Crippen LogP contribution in [0.1, 0.15) is 33.0 Å². The van der Waals surface area contributed by atoms with E-state index in [1.54, 1.807) is 20.0 Å². The van der Waals surface area contributed by atoms with Gasteiger partial charge in [-0.25, -0.2) is 4.79 Å². The first-order valence-electron chi connectivity index (χ1n) is 7.71. The van der Waals surface area contributed by atoms with E-state index in [0.717, 1.165) is 0 Å². The first-order valence-corrected chi connectivity index (χ1v) is 7.71. The molecule has 0 saturated heterocycles. The summed E-state index contributed by atoms with van der Waals surface area (Å²) in [5.74, 6) is 1.45. The number of esters is 1. The van der Waals surface area contributed by atoms with Crippen molar-refractivity contribution in [1.29, 1.82) is 0 Å². The van der Waals surface area contributed by atoms with Gasteiger partial charge in [0.25, 0.3) is 0 Å². The smallest absolute Gasteiger partial charge is 0.341 e. The van der Waals surface area contributed by atoms with E-state index < -0.39 is 5.97 Å². The SMILES string of the molecule is CN=C(NCc1cccc(C)c1)NCc1cc(C(=O)OC)c(C)o1.I. The number of nitrogens with one attached hydrogen (secondary N) is 2. The molecule has 0 atom stereocenters. The summed E-state index contributed by atoms with van der Waals surface area (Å²) < 4.78 is 10.3. The molecule has 0 spiro atoms. The van der Waals surface area contributed by atoms with Crippen molar-refractivity contribution >= 4 is 35.9 Å². The van der Waals surface area contributed by atoms with Crippen LogP contribution in [0, 0.1) is 13.8 Å². The van der Waals surface area contributed by atoms with Crippen LogP contribution < -0.4 is 10.6 Å². The van der Waals surface area contributed by atoms with Crippen molar-refractivity contribution < 1.29 is 13.9 Å². The van der Waals surface area contributed by atoms with Gasteiger partial charge in [-0.05, 0) is 25.5 Å². The fourth-order valence-corrected chi connectivity index (χ4v) is 2.34. The Morgan fingerprint density at radius 1 is 1.20 bits per heavy atom. The van der Waals surface area contributed by atoms with E-state index >= 15 is 0 Å². The number of ether oxygens (including phenoxy) is 1. The monoisotopic (exact) mass is 457 g/mol. The maximum absolute atomic E-state index is 11.6. The number of hydrogen-bond donors (Lipinski definition) is 2. The number of carbonyl (C=O) groups excluding carboxylic acids is 1. The van der Waals surface area contributed by atoms with Crippen LogP contribution in [-0.2, 0) is 17.8 Å². The molecule has 0 saturated carbocycles. The number of methoxy groups -OCH3 is 1. The van der Waals surface area contributed by atoms with E-state index in [0.29, 0.717) is 36.1 Å². The zero-order valence-electron chi connectivity index (χ0n) is 14.9. The molecule has 136 valence electrons. The quantitative estimate of drug-likeness (QED) is 0.312. The van der Waals surface area contributed by atoms with Crippen LogP contribution in [-0.4, -0.2) is 26.1 Å². The normalized spacial score (nSPS) is 10.8. The van der Waals surface area contributed by atoms with Crippen LogP contribution in [0.25, 0.3) is 0 Å². The summed E-state index contributed by atoms with van der Waals surface area (Å²) in [5.41, 5.74) is 2.84. The zero-order valence-corrected chi connectivity index (χ0v) is 17.2. The molecule has 0 aliphatic heterocycles. The second-order valence-corrected chi connectivity index (χ2v) is 5.44. The number of furan rings is 1. The highest BCUT2D eigenvalue weighted by molar-refractivity contribution is 14.0. The number of aryl methyl sites for hydroxylation is 2. The molecular formula is C18H24IN3O3. The maximum Gasteiger partial charge on any atom is 0.341 e. The van der Waals surface area contributed by atoms with Crippen molar-refractivity contribution in [3.8, 4) is 0 Å². The van der Waals surface area contributed by atoms with Gasteiger partial charge in [-0.3, -0.25) is 4.99 Å². The Morgan fingerprint density at radius 3 is 2.56 bits per heavy atom. The highest BCUT2D eigenvalue weighted by Gasteiger charge is 2.15. The van der Waals surface area contributed by atoms with Crippen LogP contribution >= 0.6 is 24.0 Å². The first kappa shape index (κ1) is 21.0. The first-order chi connectivity index (χ1) is 11.5. The fourth-order valence-electron chi connectivity index (χ4n) is 2.34. The van der Waals surface area contributed by atoms with Crippen molar-refractivity contribution in [1.82, 2.24) is 10.6 Å². The van der Waals surface area contributed by atoms with Gasteiger partial charge in [0.2, 0.25) is 0 Å². The summed E-state index contributed by atoms with van der Waals surface area (Å²) in [5, 5.41) is 6.41. The Morgan fingerprint density at radius 2 is 1.92 bits per heavy atom. The van der Waals surface area contributed by atoms with Crippen molar-refractivity contribution in [2.24, 2.45) is 4.99 Å². The summed E-state index contributed by atoms with van der Waals surface area (Å²) in [7, 11) is 3.06. The summed E-state index contributed by atoms with van der Waals surface area (Å²) >= 11 is 0. The molecule has 2 aromatic rings. The van der Waals surface area contributed by atoms with Gasteiger partial charge in [0.1, 0.15) is 17.1 Å². The van der Waals surface area contributed by atoms with Crippen molar-refractivity contribution in [3.63, 3.8) is 0 Å². The molecule has 1 aromatic heterocycles. The molecule has 0 radical (unpaired) electrons. The van der Waals surface area contributed by atoms with Crippen LogP contribution in [0.4, 0.5) is 0 Å². The molecule has 0 aliphatic carbocycles. The van der Waals surface area contributed by atoms with Crippen LogP contribution in [0.15, 0.2) is 39.7 Å². The molecule has 0 aliphatic rings. The minimum absolute atomic E-state index is 0. The number of benzene rings is 1. The zero-order chi connectivity index (χ0) is 17.5. The number of nitrogens with zero attached hydrogens (tertiary/aromatic N) is 1. The van der Waals surface area contributed by atoms with Gasteiger partial charge in [0, 0.05) is 13.6 Å².